The first-order valence-electron chi connectivity index (χ1n) is 6.94. The van der Waals surface area contributed by atoms with Crippen molar-refractivity contribution in [2.24, 2.45) is 5.92 Å². The summed E-state index contributed by atoms with van der Waals surface area (Å²) in [6.45, 7) is 2.63. The van der Waals surface area contributed by atoms with Crippen LogP contribution in [0, 0.1) is 17.6 Å². The van der Waals surface area contributed by atoms with Gasteiger partial charge in [-0.25, -0.2) is 8.78 Å². The summed E-state index contributed by atoms with van der Waals surface area (Å²) in [5.74, 6) is -2.94. The highest BCUT2D eigenvalue weighted by molar-refractivity contribution is 5.95. The zero-order valence-electron chi connectivity index (χ0n) is 11.8. The molecule has 0 aromatic heterocycles. The van der Waals surface area contributed by atoms with E-state index in [1.54, 1.807) is 6.92 Å². The minimum Gasteiger partial charge on any atom is -0.466 e. The van der Waals surface area contributed by atoms with E-state index in [-0.39, 0.29) is 25.0 Å². The molecule has 4 nitrogen and oxygen atoms in total. The zero-order valence-corrected chi connectivity index (χ0v) is 11.8. The molecule has 0 aliphatic carbocycles. The highest BCUT2D eigenvalue weighted by atomic mass is 19.1. The molecule has 0 bridgehead atoms. The third kappa shape index (κ3) is 3.37. The Balaban J connectivity index is 2.02. The fourth-order valence-corrected chi connectivity index (χ4v) is 2.44. The molecule has 1 heterocycles. The van der Waals surface area contributed by atoms with Gasteiger partial charge in [0.1, 0.15) is 17.2 Å². The maximum absolute atomic E-state index is 13.6. The summed E-state index contributed by atoms with van der Waals surface area (Å²) in [7, 11) is 0. The van der Waals surface area contributed by atoms with Gasteiger partial charge in [0.2, 0.25) is 0 Å². The first-order valence-corrected chi connectivity index (χ1v) is 6.94. The SMILES string of the molecule is CCOC(=O)C1CCN(C(=O)c2c(F)cccc2F)CC1. The summed E-state index contributed by atoms with van der Waals surface area (Å²) in [4.78, 5) is 25.2. The van der Waals surface area contributed by atoms with Crippen LogP contribution >= 0.6 is 0 Å². The van der Waals surface area contributed by atoms with E-state index < -0.39 is 23.1 Å². The second-order valence-corrected chi connectivity index (χ2v) is 4.92. The number of esters is 1. The van der Waals surface area contributed by atoms with E-state index in [0.717, 1.165) is 12.1 Å². The monoisotopic (exact) mass is 297 g/mol. The van der Waals surface area contributed by atoms with Gasteiger partial charge in [0.05, 0.1) is 12.5 Å². The smallest absolute Gasteiger partial charge is 0.309 e. The summed E-state index contributed by atoms with van der Waals surface area (Å²) in [6.07, 6.45) is 0.890. The van der Waals surface area contributed by atoms with E-state index in [9.17, 15) is 18.4 Å². The third-order valence-corrected chi connectivity index (χ3v) is 3.58. The van der Waals surface area contributed by atoms with Crippen molar-refractivity contribution in [3.05, 3.63) is 35.4 Å². The Bertz CT molecular complexity index is 519. The van der Waals surface area contributed by atoms with E-state index in [4.69, 9.17) is 4.74 Å². The van der Waals surface area contributed by atoms with Crippen molar-refractivity contribution in [3.8, 4) is 0 Å². The summed E-state index contributed by atoms with van der Waals surface area (Å²) < 4.78 is 32.1. The summed E-state index contributed by atoms with van der Waals surface area (Å²) >= 11 is 0. The lowest BCUT2D eigenvalue weighted by Crippen LogP contribution is -2.41. The fraction of sp³-hybridized carbons (Fsp3) is 0.467. The number of piperidine rings is 1. The average Bonchev–Trinajstić information content (AvgIpc) is 2.47. The molecule has 1 aromatic rings. The van der Waals surface area contributed by atoms with Crippen molar-refractivity contribution in [1.29, 1.82) is 0 Å². The maximum atomic E-state index is 13.6. The molecule has 1 fully saturated rings. The average molecular weight is 297 g/mol. The lowest BCUT2D eigenvalue weighted by atomic mass is 9.96. The van der Waals surface area contributed by atoms with Gasteiger partial charge >= 0.3 is 5.97 Å². The van der Waals surface area contributed by atoms with Crippen molar-refractivity contribution in [2.45, 2.75) is 19.8 Å². The van der Waals surface area contributed by atoms with Gasteiger partial charge in [-0.15, -0.1) is 0 Å². The molecule has 0 radical (unpaired) electrons. The Hall–Kier alpha value is -1.98. The normalized spacial score (nSPS) is 15.9. The van der Waals surface area contributed by atoms with Crippen molar-refractivity contribution in [2.75, 3.05) is 19.7 Å². The van der Waals surface area contributed by atoms with Crippen LogP contribution in [-0.2, 0) is 9.53 Å². The second-order valence-electron chi connectivity index (χ2n) is 4.92. The predicted molar refractivity (Wildman–Crippen MR) is 71.6 cm³/mol. The lowest BCUT2D eigenvalue weighted by molar-refractivity contribution is -0.149. The van der Waals surface area contributed by atoms with E-state index >= 15 is 0 Å². The number of rotatable bonds is 3. The molecule has 1 aliphatic heterocycles. The number of nitrogens with zero attached hydrogens (tertiary/aromatic N) is 1. The number of likely N-dealkylation sites (tertiary alicyclic amines) is 1. The van der Waals surface area contributed by atoms with Crippen LogP contribution in [-0.4, -0.2) is 36.5 Å². The fourth-order valence-electron chi connectivity index (χ4n) is 2.44. The van der Waals surface area contributed by atoms with Gasteiger partial charge in [-0.2, -0.15) is 0 Å². The minimum atomic E-state index is -0.868. The molecule has 2 rings (SSSR count). The number of hydrogen-bond donors (Lipinski definition) is 0. The van der Waals surface area contributed by atoms with Crippen LogP contribution in [0.5, 0.6) is 0 Å². The topological polar surface area (TPSA) is 46.6 Å². The quantitative estimate of drug-likeness (QED) is 0.805. The first kappa shape index (κ1) is 15.4. The molecular weight excluding hydrogens is 280 g/mol. The molecule has 6 heteroatoms. The number of carbonyl (C=O) groups excluding carboxylic acids is 2. The van der Waals surface area contributed by atoms with Crippen molar-refractivity contribution in [3.63, 3.8) is 0 Å². The van der Waals surface area contributed by atoms with Gasteiger partial charge < -0.3 is 9.64 Å². The maximum Gasteiger partial charge on any atom is 0.309 e. The van der Waals surface area contributed by atoms with Crippen LogP contribution in [0.4, 0.5) is 8.78 Å². The number of carbonyl (C=O) groups is 2. The first-order chi connectivity index (χ1) is 10.0. The Kier molecular flexibility index (Phi) is 4.88. The van der Waals surface area contributed by atoms with Gasteiger partial charge in [-0.1, -0.05) is 6.07 Å². The van der Waals surface area contributed by atoms with E-state index in [2.05, 4.69) is 0 Å². The molecular formula is C15H17F2NO3. The number of benzene rings is 1. The van der Waals surface area contributed by atoms with Crippen LogP contribution in [0.15, 0.2) is 18.2 Å². The molecule has 0 atom stereocenters. The van der Waals surface area contributed by atoms with Gasteiger partial charge in [0, 0.05) is 13.1 Å². The number of ether oxygens (including phenoxy) is 1. The second kappa shape index (κ2) is 6.65. The van der Waals surface area contributed by atoms with Crippen molar-refractivity contribution in [1.82, 2.24) is 4.90 Å². The van der Waals surface area contributed by atoms with Gasteiger partial charge in [-0.05, 0) is 31.9 Å². The molecule has 1 aromatic carbocycles. The van der Waals surface area contributed by atoms with Gasteiger partial charge in [0.25, 0.3) is 5.91 Å². The molecule has 0 saturated carbocycles. The highest BCUT2D eigenvalue weighted by Crippen LogP contribution is 2.22. The van der Waals surface area contributed by atoms with Gasteiger partial charge in [0.15, 0.2) is 0 Å². The van der Waals surface area contributed by atoms with E-state index in [1.165, 1.54) is 11.0 Å². The number of halogens is 2. The highest BCUT2D eigenvalue weighted by Gasteiger charge is 2.30. The van der Waals surface area contributed by atoms with Crippen LogP contribution in [0.3, 0.4) is 0 Å². The molecule has 0 unspecified atom stereocenters. The Labute approximate surface area is 121 Å². The molecule has 1 saturated heterocycles. The molecule has 21 heavy (non-hydrogen) atoms. The molecule has 1 aliphatic rings. The summed E-state index contributed by atoms with van der Waals surface area (Å²) in [5.41, 5.74) is -0.535. The summed E-state index contributed by atoms with van der Waals surface area (Å²) in [6, 6.07) is 3.33. The van der Waals surface area contributed by atoms with Crippen LogP contribution in [0.2, 0.25) is 0 Å². The lowest BCUT2D eigenvalue weighted by Gasteiger charge is -2.31. The molecule has 1 amide bonds. The Morgan fingerprint density at radius 1 is 1.24 bits per heavy atom. The Morgan fingerprint density at radius 3 is 2.33 bits per heavy atom. The number of hydrogen-bond acceptors (Lipinski definition) is 3. The van der Waals surface area contributed by atoms with E-state index in [1.807, 2.05) is 0 Å². The standard InChI is InChI=1S/C15H17F2NO3/c1-2-21-15(20)10-6-8-18(9-7-10)14(19)13-11(16)4-3-5-12(13)17/h3-5,10H,2,6-9H2,1H3. The zero-order chi connectivity index (χ0) is 15.4. The molecule has 0 spiro atoms. The van der Waals surface area contributed by atoms with Crippen LogP contribution in [0.25, 0.3) is 0 Å². The van der Waals surface area contributed by atoms with E-state index in [0.29, 0.717) is 19.4 Å². The predicted octanol–water partition coefficient (Wildman–Crippen LogP) is 2.38. The summed E-state index contributed by atoms with van der Waals surface area (Å²) in [5, 5.41) is 0. The Morgan fingerprint density at radius 2 is 1.81 bits per heavy atom. The molecule has 0 N–H and O–H groups in total. The largest absolute Gasteiger partial charge is 0.466 e. The van der Waals surface area contributed by atoms with Crippen LogP contribution < -0.4 is 0 Å². The minimum absolute atomic E-state index is 0.250. The van der Waals surface area contributed by atoms with Gasteiger partial charge in [-0.3, -0.25) is 9.59 Å². The van der Waals surface area contributed by atoms with Crippen molar-refractivity contribution < 1.29 is 23.1 Å². The van der Waals surface area contributed by atoms with Crippen LogP contribution in [0.1, 0.15) is 30.1 Å². The number of amides is 1. The molecule has 114 valence electrons. The third-order valence-electron chi connectivity index (χ3n) is 3.58. The van der Waals surface area contributed by atoms with Crippen molar-refractivity contribution >= 4 is 11.9 Å².